The molecule has 0 saturated heterocycles. The van der Waals surface area contributed by atoms with Crippen molar-refractivity contribution in [1.29, 1.82) is 0 Å². The lowest BCUT2D eigenvalue weighted by Gasteiger charge is -2.26. The summed E-state index contributed by atoms with van der Waals surface area (Å²) in [5.74, 6) is 1.03. The second-order valence-electron chi connectivity index (χ2n) is 5.60. The lowest BCUT2D eigenvalue weighted by Crippen LogP contribution is -2.41. The van der Waals surface area contributed by atoms with Crippen LogP contribution in [0.25, 0.3) is 0 Å². The number of hydrogen-bond donors (Lipinski definition) is 2. The molecule has 0 fully saturated rings. The van der Waals surface area contributed by atoms with Crippen LogP contribution in [0.1, 0.15) is 16.0 Å². The standard InChI is InChI=1S/C19H19NO3S2/c21-18(13-24-12-15-5-2-1-3-6-15)20-14-19(22,16-8-9-23-11-16)17-7-4-10-25-17/h1-11,22H,12-14H2,(H,20,21)/t19-/m0/s1. The maximum absolute atomic E-state index is 12.2. The summed E-state index contributed by atoms with van der Waals surface area (Å²) in [7, 11) is 0. The van der Waals surface area contributed by atoms with E-state index in [0.717, 1.165) is 10.6 Å². The Balaban J connectivity index is 1.55. The Morgan fingerprint density at radius 3 is 2.72 bits per heavy atom. The molecule has 0 aliphatic heterocycles. The number of aliphatic hydroxyl groups is 1. The number of furan rings is 1. The number of rotatable bonds is 8. The number of thiophene rings is 1. The van der Waals surface area contributed by atoms with E-state index in [4.69, 9.17) is 4.42 Å². The van der Waals surface area contributed by atoms with Crippen molar-refractivity contribution in [3.63, 3.8) is 0 Å². The van der Waals surface area contributed by atoms with E-state index in [1.54, 1.807) is 17.8 Å². The molecule has 1 atom stereocenters. The second-order valence-corrected chi connectivity index (χ2v) is 7.54. The van der Waals surface area contributed by atoms with Crippen LogP contribution in [0.3, 0.4) is 0 Å². The van der Waals surface area contributed by atoms with Gasteiger partial charge in [0.05, 0.1) is 24.8 Å². The molecule has 25 heavy (non-hydrogen) atoms. The van der Waals surface area contributed by atoms with Gasteiger partial charge in [-0.2, -0.15) is 0 Å². The van der Waals surface area contributed by atoms with E-state index in [2.05, 4.69) is 5.32 Å². The molecular formula is C19H19NO3S2. The quantitative estimate of drug-likeness (QED) is 0.633. The van der Waals surface area contributed by atoms with E-state index < -0.39 is 5.60 Å². The Morgan fingerprint density at radius 1 is 1.20 bits per heavy atom. The first kappa shape index (κ1) is 17.8. The van der Waals surface area contributed by atoms with Crippen LogP contribution in [-0.2, 0) is 16.1 Å². The zero-order valence-corrected chi connectivity index (χ0v) is 15.2. The molecule has 0 radical (unpaired) electrons. The molecule has 2 heterocycles. The minimum atomic E-state index is -1.28. The van der Waals surface area contributed by atoms with Gasteiger partial charge in [-0.3, -0.25) is 4.79 Å². The van der Waals surface area contributed by atoms with E-state index in [-0.39, 0.29) is 12.5 Å². The van der Waals surface area contributed by atoms with E-state index in [0.29, 0.717) is 11.3 Å². The maximum Gasteiger partial charge on any atom is 0.230 e. The van der Waals surface area contributed by atoms with Crippen molar-refractivity contribution in [2.45, 2.75) is 11.4 Å². The highest BCUT2D eigenvalue weighted by Gasteiger charge is 2.34. The van der Waals surface area contributed by atoms with Crippen LogP contribution < -0.4 is 5.32 Å². The molecule has 0 unspecified atom stereocenters. The first-order valence-corrected chi connectivity index (χ1v) is 9.89. The molecule has 1 aromatic carbocycles. The maximum atomic E-state index is 12.2. The fourth-order valence-electron chi connectivity index (χ4n) is 2.46. The van der Waals surface area contributed by atoms with Gasteiger partial charge in [-0.15, -0.1) is 23.1 Å². The van der Waals surface area contributed by atoms with Gasteiger partial charge < -0.3 is 14.8 Å². The molecule has 1 amide bonds. The van der Waals surface area contributed by atoms with Crippen LogP contribution in [0, 0.1) is 0 Å². The molecule has 0 aliphatic carbocycles. The summed E-state index contributed by atoms with van der Waals surface area (Å²) in [5.41, 5.74) is 0.543. The molecule has 130 valence electrons. The zero-order valence-electron chi connectivity index (χ0n) is 13.6. The topological polar surface area (TPSA) is 62.5 Å². The second kappa shape index (κ2) is 8.38. The third-order valence-electron chi connectivity index (χ3n) is 3.81. The van der Waals surface area contributed by atoms with Crippen molar-refractivity contribution in [2.24, 2.45) is 0 Å². The third kappa shape index (κ3) is 4.54. The molecule has 0 spiro atoms. The van der Waals surface area contributed by atoms with Gasteiger partial charge >= 0.3 is 0 Å². The van der Waals surface area contributed by atoms with Crippen molar-refractivity contribution in [2.75, 3.05) is 12.3 Å². The predicted molar refractivity (Wildman–Crippen MR) is 102 cm³/mol. The minimum absolute atomic E-state index is 0.0978. The molecule has 0 aliphatic rings. The molecule has 2 N–H and O–H groups in total. The number of nitrogens with one attached hydrogen (secondary N) is 1. The van der Waals surface area contributed by atoms with Gasteiger partial charge in [0, 0.05) is 16.2 Å². The van der Waals surface area contributed by atoms with Crippen LogP contribution in [0.5, 0.6) is 0 Å². The Bertz CT molecular complexity index is 736. The van der Waals surface area contributed by atoms with E-state index >= 15 is 0 Å². The van der Waals surface area contributed by atoms with E-state index in [1.165, 1.54) is 29.4 Å². The first-order chi connectivity index (χ1) is 12.2. The lowest BCUT2D eigenvalue weighted by molar-refractivity contribution is -0.119. The monoisotopic (exact) mass is 373 g/mol. The molecule has 3 aromatic rings. The van der Waals surface area contributed by atoms with E-state index in [1.807, 2.05) is 47.8 Å². The Kier molecular flexibility index (Phi) is 5.96. The van der Waals surface area contributed by atoms with Crippen molar-refractivity contribution in [3.05, 3.63) is 82.4 Å². The van der Waals surface area contributed by atoms with Crippen molar-refractivity contribution in [1.82, 2.24) is 5.32 Å². The molecule has 3 rings (SSSR count). The molecule has 0 bridgehead atoms. The van der Waals surface area contributed by atoms with Gasteiger partial charge in [-0.1, -0.05) is 36.4 Å². The Hall–Kier alpha value is -2.02. The van der Waals surface area contributed by atoms with Crippen molar-refractivity contribution >= 4 is 29.0 Å². The molecule has 4 nitrogen and oxygen atoms in total. The van der Waals surface area contributed by atoms with Gasteiger partial charge in [-0.25, -0.2) is 0 Å². The van der Waals surface area contributed by atoms with Crippen LogP contribution >= 0.6 is 23.1 Å². The summed E-state index contributed by atoms with van der Waals surface area (Å²) in [6.45, 7) is 0.109. The van der Waals surface area contributed by atoms with Crippen molar-refractivity contribution in [3.8, 4) is 0 Å². The minimum Gasteiger partial charge on any atom is -0.472 e. The number of benzene rings is 1. The van der Waals surface area contributed by atoms with Crippen molar-refractivity contribution < 1.29 is 14.3 Å². The van der Waals surface area contributed by atoms with Gasteiger partial charge in [0.25, 0.3) is 0 Å². The smallest absolute Gasteiger partial charge is 0.230 e. The average molecular weight is 373 g/mol. The number of hydrogen-bond acceptors (Lipinski definition) is 5. The van der Waals surface area contributed by atoms with E-state index in [9.17, 15) is 9.90 Å². The fourth-order valence-corrected chi connectivity index (χ4v) is 4.12. The van der Waals surface area contributed by atoms with Crippen LogP contribution in [0.4, 0.5) is 0 Å². The highest BCUT2D eigenvalue weighted by molar-refractivity contribution is 7.99. The highest BCUT2D eigenvalue weighted by atomic mass is 32.2. The summed E-state index contributed by atoms with van der Waals surface area (Å²) in [6.07, 6.45) is 3.03. The largest absolute Gasteiger partial charge is 0.472 e. The normalized spacial score (nSPS) is 13.3. The van der Waals surface area contributed by atoms with Gasteiger partial charge in [0.1, 0.15) is 5.60 Å². The summed E-state index contributed by atoms with van der Waals surface area (Å²) < 4.78 is 5.11. The van der Waals surface area contributed by atoms with Crippen LogP contribution in [0.2, 0.25) is 0 Å². The first-order valence-electron chi connectivity index (χ1n) is 7.86. The number of carbonyl (C=O) groups is 1. The number of thioether (sulfide) groups is 1. The summed E-state index contributed by atoms with van der Waals surface area (Å²) >= 11 is 3.00. The summed E-state index contributed by atoms with van der Waals surface area (Å²) in [4.78, 5) is 12.9. The van der Waals surface area contributed by atoms with Crippen LogP contribution in [-0.4, -0.2) is 23.3 Å². The Labute approximate surface area is 154 Å². The highest BCUT2D eigenvalue weighted by Crippen LogP contribution is 2.32. The van der Waals surface area contributed by atoms with Crippen LogP contribution in [0.15, 0.2) is 70.9 Å². The van der Waals surface area contributed by atoms with Gasteiger partial charge in [0.15, 0.2) is 0 Å². The fraction of sp³-hybridized carbons (Fsp3) is 0.211. The summed E-state index contributed by atoms with van der Waals surface area (Å²) in [6, 6.07) is 15.5. The molecular weight excluding hydrogens is 354 g/mol. The van der Waals surface area contributed by atoms with Gasteiger partial charge in [-0.05, 0) is 23.1 Å². The molecule has 6 heteroatoms. The third-order valence-corrected chi connectivity index (χ3v) is 5.84. The number of carbonyl (C=O) groups excluding carboxylic acids is 1. The Morgan fingerprint density at radius 2 is 2.04 bits per heavy atom. The summed E-state index contributed by atoms with van der Waals surface area (Å²) in [5, 5.41) is 15.9. The predicted octanol–water partition coefficient (Wildman–Crippen LogP) is 3.63. The molecule has 0 saturated carbocycles. The lowest BCUT2D eigenvalue weighted by atomic mass is 9.94. The SMILES string of the molecule is O=C(CSCc1ccccc1)NC[C@](O)(c1ccoc1)c1cccs1. The zero-order chi connectivity index (χ0) is 17.5. The average Bonchev–Trinajstić information content (AvgIpc) is 3.34. The molecule has 2 aromatic heterocycles. The van der Waals surface area contributed by atoms with Gasteiger partial charge in [0.2, 0.25) is 5.91 Å². The number of amides is 1.